The number of rotatable bonds is 6. The Hall–Kier alpha value is -3.31. The Morgan fingerprint density at radius 2 is 1.73 bits per heavy atom. The van der Waals surface area contributed by atoms with Gasteiger partial charge in [-0.1, -0.05) is 42.0 Å². The molecule has 3 aromatic rings. The van der Waals surface area contributed by atoms with Crippen molar-refractivity contribution >= 4 is 6.21 Å². The first kappa shape index (κ1) is 21.5. The molecule has 5 rings (SSSR count). The van der Waals surface area contributed by atoms with Gasteiger partial charge in [-0.15, -0.1) is 0 Å². The fraction of sp³-hybridized carbons (Fsp3) is 0.321. The van der Waals surface area contributed by atoms with Crippen molar-refractivity contribution in [3.05, 3.63) is 89.0 Å². The molecule has 1 unspecified atom stereocenters. The minimum Gasteiger partial charge on any atom is -0.497 e. The van der Waals surface area contributed by atoms with Crippen LogP contribution >= 0.6 is 0 Å². The number of ether oxygens (including phenoxy) is 3. The van der Waals surface area contributed by atoms with Crippen LogP contribution in [-0.2, 0) is 0 Å². The lowest BCUT2D eigenvalue weighted by Gasteiger charge is -2.37. The molecule has 0 aliphatic carbocycles. The Balaban J connectivity index is 1.30. The van der Waals surface area contributed by atoms with Crippen molar-refractivity contribution in [2.75, 3.05) is 27.0 Å². The van der Waals surface area contributed by atoms with Crippen LogP contribution in [0.15, 0.2) is 71.7 Å². The number of methoxy groups -OCH3 is 1. The summed E-state index contributed by atoms with van der Waals surface area (Å²) < 4.78 is 16.4. The van der Waals surface area contributed by atoms with Gasteiger partial charge in [0, 0.05) is 19.3 Å². The van der Waals surface area contributed by atoms with Crippen LogP contribution in [0, 0.1) is 6.92 Å². The van der Waals surface area contributed by atoms with Crippen LogP contribution in [0.2, 0.25) is 0 Å². The Bertz CT molecular complexity index is 1120. The summed E-state index contributed by atoms with van der Waals surface area (Å²) in [5, 5.41) is 0. The van der Waals surface area contributed by atoms with Crippen molar-refractivity contribution in [1.29, 1.82) is 0 Å². The summed E-state index contributed by atoms with van der Waals surface area (Å²) in [6.07, 6.45) is 4.04. The standard InChI is InChI=1S/C28H30N2O3/c1-20-6-9-22(10-7-20)28(23-4-3-5-25(17-23)31-2)30-14-12-24(13-15-30)29-18-21-8-11-26-27(16-21)33-19-32-26/h3-11,16-18,24,28H,12-15,19H2,1-2H3. The lowest BCUT2D eigenvalue weighted by Crippen LogP contribution is -2.38. The van der Waals surface area contributed by atoms with Gasteiger partial charge in [-0.2, -0.15) is 0 Å². The maximum Gasteiger partial charge on any atom is 0.231 e. The maximum absolute atomic E-state index is 5.51. The molecule has 0 radical (unpaired) electrons. The highest BCUT2D eigenvalue weighted by atomic mass is 16.7. The predicted octanol–water partition coefficient (Wildman–Crippen LogP) is 5.41. The highest BCUT2D eigenvalue weighted by Gasteiger charge is 2.27. The summed E-state index contributed by atoms with van der Waals surface area (Å²) in [5.41, 5.74) is 4.91. The smallest absolute Gasteiger partial charge is 0.231 e. The second kappa shape index (κ2) is 9.67. The lowest BCUT2D eigenvalue weighted by atomic mass is 9.93. The van der Waals surface area contributed by atoms with Gasteiger partial charge in [0.1, 0.15) is 5.75 Å². The van der Waals surface area contributed by atoms with Crippen LogP contribution < -0.4 is 14.2 Å². The summed E-state index contributed by atoms with van der Waals surface area (Å²) in [4.78, 5) is 7.46. The normalized spacial score (nSPS) is 17.4. The van der Waals surface area contributed by atoms with Crippen molar-refractivity contribution < 1.29 is 14.2 Å². The number of aliphatic imine (C=N–C) groups is 1. The molecule has 0 bridgehead atoms. The topological polar surface area (TPSA) is 43.3 Å². The number of fused-ring (bicyclic) bond motifs is 1. The van der Waals surface area contributed by atoms with Gasteiger partial charge in [0.05, 0.1) is 19.2 Å². The molecule has 2 aliphatic heterocycles. The molecule has 1 fully saturated rings. The zero-order chi connectivity index (χ0) is 22.6. The summed E-state index contributed by atoms with van der Waals surface area (Å²) >= 11 is 0. The van der Waals surface area contributed by atoms with E-state index in [4.69, 9.17) is 19.2 Å². The number of hydrogen-bond acceptors (Lipinski definition) is 5. The number of hydrogen-bond donors (Lipinski definition) is 0. The van der Waals surface area contributed by atoms with Crippen molar-refractivity contribution in [3.63, 3.8) is 0 Å². The number of piperidine rings is 1. The van der Waals surface area contributed by atoms with E-state index < -0.39 is 0 Å². The Kier molecular flexibility index (Phi) is 6.31. The van der Waals surface area contributed by atoms with Crippen LogP contribution in [0.3, 0.4) is 0 Å². The molecular formula is C28H30N2O3. The Labute approximate surface area is 195 Å². The zero-order valence-corrected chi connectivity index (χ0v) is 19.2. The molecule has 1 saturated heterocycles. The summed E-state index contributed by atoms with van der Waals surface area (Å²) in [5.74, 6) is 2.50. The van der Waals surface area contributed by atoms with Crippen LogP contribution in [-0.4, -0.2) is 44.1 Å². The van der Waals surface area contributed by atoms with E-state index in [1.54, 1.807) is 7.11 Å². The third kappa shape index (κ3) is 4.88. The van der Waals surface area contributed by atoms with Gasteiger partial charge in [0.15, 0.2) is 11.5 Å². The van der Waals surface area contributed by atoms with E-state index in [1.165, 1.54) is 16.7 Å². The number of nitrogens with zero attached hydrogens (tertiary/aromatic N) is 2. The molecule has 0 amide bonds. The fourth-order valence-electron chi connectivity index (χ4n) is 4.65. The van der Waals surface area contributed by atoms with Crippen LogP contribution in [0.5, 0.6) is 17.2 Å². The van der Waals surface area contributed by atoms with Gasteiger partial charge in [0.25, 0.3) is 0 Å². The monoisotopic (exact) mass is 442 g/mol. The largest absolute Gasteiger partial charge is 0.497 e. The average Bonchev–Trinajstić information content (AvgIpc) is 3.33. The number of benzene rings is 3. The van der Waals surface area contributed by atoms with Crippen molar-refractivity contribution in [1.82, 2.24) is 4.90 Å². The Morgan fingerprint density at radius 3 is 2.52 bits per heavy atom. The van der Waals surface area contributed by atoms with Crippen molar-refractivity contribution in [3.8, 4) is 17.2 Å². The highest BCUT2D eigenvalue weighted by molar-refractivity contribution is 5.81. The molecule has 170 valence electrons. The third-order valence-corrected chi connectivity index (χ3v) is 6.50. The molecular weight excluding hydrogens is 412 g/mol. The molecule has 2 heterocycles. The molecule has 0 N–H and O–H groups in total. The molecule has 0 aromatic heterocycles. The summed E-state index contributed by atoms with van der Waals surface area (Å²) in [6.45, 7) is 4.43. The first-order valence-corrected chi connectivity index (χ1v) is 11.6. The van der Waals surface area contributed by atoms with Gasteiger partial charge in [-0.25, -0.2) is 0 Å². The van der Waals surface area contributed by atoms with E-state index in [0.717, 1.165) is 48.7 Å². The molecule has 5 heteroatoms. The van der Waals surface area contributed by atoms with Gasteiger partial charge < -0.3 is 14.2 Å². The van der Waals surface area contributed by atoms with E-state index in [1.807, 2.05) is 30.5 Å². The first-order valence-electron chi connectivity index (χ1n) is 11.6. The Morgan fingerprint density at radius 1 is 0.939 bits per heavy atom. The molecule has 3 aromatic carbocycles. The predicted molar refractivity (Wildman–Crippen MR) is 131 cm³/mol. The maximum atomic E-state index is 5.51. The lowest BCUT2D eigenvalue weighted by molar-refractivity contribution is 0.174. The van der Waals surface area contributed by atoms with Crippen LogP contribution in [0.1, 0.15) is 41.1 Å². The van der Waals surface area contributed by atoms with Crippen molar-refractivity contribution in [2.45, 2.75) is 31.8 Å². The van der Waals surface area contributed by atoms with Crippen molar-refractivity contribution in [2.24, 2.45) is 4.99 Å². The van der Waals surface area contributed by atoms with Gasteiger partial charge in [-0.05, 0) is 66.8 Å². The molecule has 0 saturated carbocycles. The van der Waals surface area contributed by atoms with Crippen LogP contribution in [0.4, 0.5) is 0 Å². The van der Waals surface area contributed by atoms with E-state index in [-0.39, 0.29) is 6.04 Å². The average molecular weight is 443 g/mol. The van der Waals surface area contributed by atoms with E-state index in [2.05, 4.69) is 54.3 Å². The van der Waals surface area contributed by atoms with Gasteiger partial charge >= 0.3 is 0 Å². The van der Waals surface area contributed by atoms with Gasteiger partial charge in [-0.3, -0.25) is 9.89 Å². The van der Waals surface area contributed by atoms with E-state index >= 15 is 0 Å². The second-order valence-electron chi connectivity index (χ2n) is 8.75. The molecule has 0 spiro atoms. The minimum atomic E-state index is 0.208. The van der Waals surface area contributed by atoms with Gasteiger partial charge in [0.2, 0.25) is 6.79 Å². The number of aryl methyl sites for hydroxylation is 1. The van der Waals surface area contributed by atoms with E-state index in [9.17, 15) is 0 Å². The first-order chi connectivity index (χ1) is 16.2. The summed E-state index contributed by atoms with van der Waals surface area (Å²) in [7, 11) is 1.73. The SMILES string of the molecule is COc1cccc(C(c2ccc(C)cc2)N2CCC(N=Cc3ccc4c(c3)OCO4)CC2)c1. The molecule has 1 atom stereocenters. The quantitative estimate of drug-likeness (QED) is 0.479. The fourth-order valence-corrected chi connectivity index (χ4v) is 4.65. The minimum absolute atomic E-state index is 0.208. The number of likely N-dealkylation sites (tertiary alicyclic amines) is 1. The zero-order valence-electron chi connectivity index (χ0n) is 19.2. The molecule has 2 aliphatic rings. The second-order valence-corrected chi connectivity index (χ2v) is 8.75. The summed E-state index contributed by atoms with van der Waals surface area (Å²) in [6, 6.07) is 23.9. The third-order valence-electron chi connectivity index (χ3n) is 6.50. The highest BCUT2D eigenvalue weighted by Crippen LogP contribution is 2.34. The molecule has 5 nitrogen and oxygen atoms in total. The van der Waals surface area contributed by atoms with E-state index in [0.29, 0.717) is 12.8 Å². The van der Waals surface area contributed by atoms with Crippen LogP contribution in [0.25, 0.3) is 0 Å². The molecule has 33 heavy (non-hydrogen) atoms.